The average Bonchev–Trinajstić information content (AvgIpc) is 3.60. The second-order valence-electron chi connectivity index (χ2n) is 15.3. The van der Waals surface area contributed by atoms with Crippen molar-refractivity contribution in [3.8, 4) is 0 Å². The molecule has 0 bridgehead atoms. The Morgan fingerprint density at radius 2 is 1.37 bits per heavy atom. The fraction of sp³-hybridized carbons (Fsp3) is 0.500. The summed E-state index contributed by atoms with van der Waals surface area (Å²) in [7, 11) is 0. The Hall–Kier alpha value is -5.42. The van der Waals surface area contributed by atoms with Gasteiger partial charge in [-0.1, -0.05) is 103 Å². The van der Waals surface area contributed by atoms with Crippen LogP contribution in [0.25, 0.3) is 10.4 Å². The predicted octanol–water partition coefficient (Wildman–Crippen LogP) is 6.71. The number of azide groups is 1. The van der Waals surface area contributed by atoms with Gasteiger partial charge in [-0.05, 0) is 47.9 Å². The molecule has 0 unspecified atom stereocenters. The van der Waals surface area contributed by atoms with E-state index in [4.69, 9.17) is 28.4 Å². The Labute approximate surface area is 341 Å². The molecule has 3 aromatic carbocycles. The molecule has 2 aliphatic heterocycles. The number of benzene rings is 3. The molecule has 0 radical (unpaired) electrons. The third kappa shape index (κ3) is 10.6. The number of fused-ring (bicyclic) bond motifs is 1. The zero-order chi connectivity index (χ0) is 41.2. The second-order valence-corrected chi connectivity index (χ2v) is 15.3. The summed E-state index contributed by atoms with van der Waals surface area (Å²) in [5.41, 5.74) is 12.1. The maximum absolute atomic E-state index is 13.7. The molecule has 9 atom stereocenters. The lowest BCUT2D eigenvalue weighted by molar-refractivity contribution is -0.263. The number of hydrogen-bond acceptors (Lipinski definition) is 10. The van der Waals surface area contributed by atoms with Crippen molar-refractivity contribution in [2.45, 2.75) is 125 Å². The molecule has 4 N–H and O–H groups in total. The van der Waals surface area contributed by atoms with E-state index in [9.17, 15) is 30.1 Å². The van der Waals surface area contributed by atoms with Gasteiger partial charge in [0, 0.05) is 24.3 Å². The van der Waals surface area contributed by atoms with Gasteiger partial charge >= 0.3 is 18.3 Å². The third-order valence-electron chi connectivity index (χ3n) is 11.3. The lowest BCUT2D eigenvalue weighted by Gasteiger charge is -2.48. The number of amides is 3. The molecule has 2 saturated carbocycles. The Bertz CT molecular complexity index is 1900. The SMILES string of the molecule is [N-]=[N+]=N[C@@H]1CC[C@@H](CN(Cc2ccccc2)C(=O)OCc2ccccc2)O[C@@H]1O[C@@H]1[C@@H](NC(=O)O)[C@H](OCc2ccccc2)[C@@H](NC(=O)O)[C@@H]2OC3(CCCCC3)O[C@@H]12. The van der Waals surface area contributed by atoms with E-state index >= 15 is 0 Å². The molecule has 2 saturated heterocycles. The first-order valence-corrected chi connectivity index (χ1v) is 20.0. The molecule has 7 rings (SSSR count). The maximum atomic E-state index is 13.7. The summed E-state index contributed by atoms with van der Waals surface area (Å²) in [4.78, 5) is 43.2. The quantitative estimate of drug-likeness (QED) is 0.0760. The van der Waals surface area contributed by atoms with E-state index in [0.29, 0.717) is 25.7 Å². The smallest absolute Gasteiger partial charge is 0.410 e. The molecule has 59 heavy (non-hydrogen) atoms. The van der Waals surface area contributed by atoms with Gasteiger partial charge in [-0.25, -0.2) is 14.4 Å². The maximum Gasteiger partial charge on any atom is 0.410 e. The summed E-state index contributed by atoms with van der Waals surface area (Å²) in [5.74, 6) is -1.06. The van der Waals surface area contributed by atoms with Crippen molar-refractivity contribution in [1.29, 1.82) is 0 Å². The van der Waals surface area contributed by atoms with E-state index in [0.717, 1.165) is 36.0 Å². The Kier molecular flexibility index (Phi) is 13.8. The summed E-state index contributed by atoms with van der Waals surface area (Å²) >= 11 is 0. The molecule has 4 aliphatic rings. The topological polar surface area (TPSA) is 223 Å². The largest absolute Gasteiger partial charge is 0.465 e. The van der Waals surface area contributed by atoms with Gasteiger partial charge in [0.15, 0.2) is 12.1 Å². The zero-order valence-electron chi connectivity index (χ0n) is 32.5. The normalized spacial score (nSPS) is 28.4. The van der Waals surface area contributed by atoms with Gasteiger partial charge in [0.25, 0.3) is 0 Å². The van der Waals surface area contributed by atoms with Gasteiger partial charge < -0.3 is 54.2 Å². The molecule has 4 fully saturated rings. The van der Waals surface area contributed by atoms with Crippen LogP contribution in [0.4, 0.5) is 14.4 Å². The fourth-order valence-electron chi connectivity index (χ4n) is 8.56. The molecule has 2 aliphatic carbocycles. The molecule has 17 nitrogen and oxygen atoms in total. The molecular weight excluding hydrogens is 764 g/mol. The third-order valence-corrected chi connectivity index (χ3v) is 11.3. The van der Waals surface area contributed by atoms with Crippen molar-refractivity contribution >= 4 is 18.3 Å². The molecule has 314 valence electrons. The van der Waals surface area contributed by atoms with Gasteiger partial charge in [-0.3, -0.25) is 0 Å². The average molecular weight is 815 g/mol. The van der Waals surface area contributed by atoms with Gasteiger partial charge in [-0.15, -0.1) is 0 Å². The van der Waals surface area contributed by atoms with Crippen LogP contribution in [-0.4, -0.2) is 101 Å². The predicted molar refractivity (Wildman–Crippen MR) is 210 cm³/mol. The van der Waals surface area contributed by atoms with Crippen LogP contribution in [0.1, 0.15) is 61.6 Å². The first-order valence-electron chi connectivity index (χ1n) is 20.0. The van der Waals surface area contributed by atoms with E-state index in [2.05, 4.69) is 20.7 Å². The zero-order valence-corrected chi connectivity index (χ0v) is 32.5. The summed E-state index contributed by atoms with van der Waals surface area (Å²) in [5, 5.41) is 29.4. The molecule has 0 aromatic heterocycles. The summed E-state index contributed by atoms with van der Waals surface area (Å²) in [6, 6.07) is 24.8. The summed E-state index contributed by atoms with van der Waals surface area (Å²) < 4.78 is 39.0. The first kappa shape index (κ1) is 41.7. The van der Waals surface area contributed by atoms with Crippen molar-refractivity contribution in [1.82, 2.24) is 15.5 Å². The number of nitrogens with zero attached hydrogens (tertiary/aromatic N) is 4. The fourth-order valence-corrected chi connectivity index (χ4v) is 8.56. The standard InChI is InChI=1S/C42H50N6O11/c43-47-46-31-20-19-30(24-48(23-27-13-5-1-6-14-27)41(53)55-26-29-17-9-3-10-18-29)56-38(31)57-35-32(44-39(49)50)34(54-25-28-15-7-2-8-16-28)33(45-40(51)52)36-37(35)59-42(58-36)21-11-4-12-22-42/h1-3,5-10,13-18,30-38,44-45H,4,11-12,19-26H2,(H,49,50)(H,51,52)/t30-,31+,32-,33+,34-,35+,36-,37-,38+/m0/s1. The number of hydrogen-bond donors (Lipinski definition) is 4. The van der Waals surface area contributed by atoms with Crippen molar-refractivity contribution in [2.24, 2.45) is 5.11 Å². The molecule has 1 spiro atoms. The highest BCUT2D eigenvalue weighted by atomic mass is 16.8. The van der Waals surface area contributed by atoms with Crippen LogP contribution >= 0.6 is 0 Å². The van der Waals surface area contributed by atoms with Crippen LogP contribution in [0.3, 0.4) is 0 Å². The van der Waals surface area contributed by atoms with E-state index in [-0.39, 0.29) is 26.3 Å². The lowest BCUT2D eigenvalue weighted by Crippen LogP contribution is -2.72. The Morgan fingerprint density at radius 1 is 0.780 bits per heavy atom. The molecular formula is C42H50N6O11. The van der Waals surface area contributed by atoms with Crippen molar-refractivity contribution < 1.29 is 53.0 Å². The van der Waals surface area contributed by atoms with Gasteiger partial charge in [0.2, 0.25) is 0 Å². The van der Waals surface area contributed by atoms with Crippen LogP contribution in [0.5, 0.6) is 0 Å². The highest BCUT2D eigenvalue weighted by Gasteiger charge is 2.63. The van der Waals surface area contributed by atoms with Gasteiger partial charge in [-0.2, -0.15) is 0 Å². The Morgan fingerprint density at radius 3 is 2.00 bits per heavy atom. The van der Waals surface area contributed by atoms with Gasteiger partial charge in [0.1, 0.15) is 31.0 Å². The van der Waals surface area contributed by atoms with Gasteiger partial charge in [0.05, 0.1) is 37.4 Å². The molecule has 17 heteroatoms. The van der Waals surface area contributed by atoms with E-state index < -0.39 is 79.0 Å². The number of carbonyl (C=O) groups excluding carboxylic acids is 1. The number of carboxylic acid groups (broad SMARTS) is 2. The van der Waals surface area contributed by atoms with Crippen molar-refractivity contribution in [3.05, 3.63) is 118 Å². The van der Waals surface area contributed by atoms with Crippen LogP contribution in [0.15, 0.2) is 96.1 Å². The Balaban J connectivity index is 1.18. The minimum absolute atomic E-state index is 0.0121. The monoisotopic (exact) mass is 814 g/mol. The van der Waals surface area contributed by atoms with Crippen molar-refractivity contribution in [2.75, 3.05) is 6.54 Å². The van der Waals surface area contributed by atoms with Crippen molar-refractivity contribution in [3.63, 3.8) is 0 Å². The number of rotatable bonds is 14. The second kappa shape index (κ2) is 19.6. The number of nitrogens with one attached hydrogen (secondary N) is 2. The highest BCUT2D eigenvalue weighted by Crippen LogP contribution is 2.47. The highest BCUT2D eigenvalue weighted by molar-refractivity contribution is 5.68. The summed E-state index contributed by atoms with van der Waals surface area (Å²) in [6.07, 6.45) is -5.09. The number of ether oxygens (including phenoxy) is 6. The van der Waals surface area contributed by atoms with E-state index in [1.54, 1.807) is 4.90 Å². The number of carbonyl (C=O) groups is 3. The van der Waals surface area contributed by atoms with Crippen LogP contribution in [0.2, 0.25) is 0 Å². The molecule has 2 heterocycles. The summed E-state index contributed by atoms with van der Waals surface area (Å²) in [6.45, 7) is 0.396. The minimum Gasteiger partial charge on any atom is -0.465 e. The van der Waals surface area contributed by atoms with Crippen LogP contribution in [-0.2, 0) is 48.2 Å². The first-order chi connectivity index (χ1) is 28.7. The minimum atomic E-state index is -1.41. The van der Waals surface area contributed by atoms with Crippen LogP contribution < -0.4 is 10.6 Å². The molecule has 3 aromatic rings. The van der Waals surface area contributed by atoms with Crippen LogP contribution in [0, 0.1) is 0 Å². The van der Waals surface area contributed by atoms with E-state index in [1.807, 2.05) is 91.0 Å². The molecule has 3 amide bonds. The lowest BCUT2D eigenvalue weighted by atomic mass is 9.81. The van der Waals surface area contributed by atoms with E-state index in [1.165, 1.54) is 0 Å².